The number of halogens is 3. The maximum Gasteiger partial charge on any atom is 0.263 e. The van der Waals surface area contributed by atoms with Gasteiger partial charge in [-0.3, -0.25) is 4.57 Å². The fraction of sp³-hybridized carbons (Fsp3) is 0.444. The lowest BCUT2D eigenvalue weighted by molar-refractivity contribution is -0.524. The Morgan fingerprint density at radius 2 is 1.63 bits per heavy atom. The molecule has 0 spiro atoms. The summed E-state index contributed by atoms with van der Waals surface area (Å²) in [6.45, 7) is 8.37. The summed E-state index contributed by atoms with van der Waals surface area (Å²) in [6.07, 6.45) is 13.3. The Morgan fingerprint density at radius 1 is 0.980 bits per heavy atom. The summed E-state index contributed by atoms with van der Waals surface area (Å²) in [7, 11) is -4.06. The Morgan fingerprint density at radius 3 is 2.24 bits per heavy atom. The van der Waals surface area contributed by atoms with Crippen LogP contribution in [0, 0.1) is 17.5 Å². The predicted octanol–water partition coefficient (Wildman–Crippen LogP) is 7.80. The lowest BCUT2D eigenvalue weighted by atomic mass is 9.86. The van der Waals surface area contributed by atoms with Crippen molar-refractivity contribution in [2.45, 2.75) is 77.7 Å². The van der Waals surface area contributed by atoms with E-state index in [1.165, 1.54) is 0 Å². The van der Waals surface area contributed by atoms with E-state index in [-0.39, 0.29) is 27.3 Å². The lowest BCUT2D eigenvalue weighted by Gasteiger charge is -2.37. The highest BCUT2D eigenvalue weighted by atomic mass is 31.2. The second-order valence-electron chi connectivity index (χ2n) is 13.9. The lowest BCUT2D eigenvalue weighted by Crippen LogP contribution is -2.32. The molecule has 0 bridgehead atoms. The minimum atomic E-state index is -4.06. The van der Waals surface area contributed by atoms with E-state index in [0.717, 1.165) is 88.9 Å². The number of hydrogen-bond donors (Lipinski definition) is 0. The Bertz CT molecular complexity index is 1940. The van der Waals surface area contributed by atoms with Gasteiger partial charge in [-0.15, -0.1) is 0 Å². The first kappa shape index (κ1) is 34.7. The zero-order chi connectivity index (χ0) is 35.1. The molecule has 2 fully saturated rings. The van der Waals surface area contributed by atoms with E-state index in [4.69, 9.17) is 10.1 Å². The number of anilines is 1. The van der Waals surface area contributed by atoms with Crippen molar-refractivity contribution in [1.29, 1.82) is 0 Å². The van der Waals surface area contributed by atoms with E-state index in [9.17, 15) is 9.90 Å². The molecule has 4 aliphatic rings. The molecule has 1 atom stereocenters. The highest BCUT2D eigenvalue weighted by Crippen LogP contribution is 2.65. The first-order chi connectivity index (χ1) is 23.4. The van der Waals surface area contributed by atoms with Crippen LogP contribution < -0.4 is 15.3 Å². The van der Waals surface area contributed by atoms with E-state index >= 15 is 17.7 Å². The zero-order valence-electron chi connectivity index (χ0n) is 27.9. The van der Waals surface area contributed by atoms with Gasteiger partial charge in [-0.25, -0.2) is 17.7 Å². The molecule has 3 heterocycles. The Balaban J connectivity index is 1.74. The van der Waals surface area contributed by atoms with E-state index in [2.05, 4.69) is 19.5 Å². The van der Waals surface area contributed by atoms with Crippen LogP contribution in [-0.4, -0.2) is 48.0 Å². The molecule has 0 amide bonds. The van der Waals surface area contributed by atoms with Gasteiger partial charge in [-0.1, -0.05) is 24.0 Å². The van der Waals surface area contributed by atoms with Crippen LogP contribution in [0.2, 0.25) is 0 Å². The molecular weight excluding hydrogens is 654 g/mol. The molecule has 2 aromatic carbocycles. The van der Waals surface area contributed by atoms with Crippen LogP contribution in [0.1, 0.15) is 93.6 Å². The van der Waals surface area contributed by atoms with Gasteiger partial charge in [0, 0.05) is 65.4 Å². The molecule has 3 aliphatic heterocycles. The number of carboxylic acid groups (broad SMARTS) is 1. The third-order valence-electron chi connectivity index (χ3n) is 9.38. The smallest absolute Gasteiger partial charge is 0.263 e. The number of fused-ring (bicyclic) bond motifs is 2. The molecule has 13 heteroatoms. The third kappa shape index (κ3) is 6.50. The van der Waals surface area contributed by atoms with E-state index in [1.54, 1.807) is 57.2 Å². The largest absolute Gasteiger partial charge is 0.545 e. The number of aromatic carboxylic acids is 1. The van der Waals surface area contributed by atoms with Crippen molar-refractivity contribution in [3.63, 3.8) is 0 Å². The highest BCUT2D eigenvalue weighted by Gasteiger charge is 2.46. The van der Waals surface area contributed by atoms with Crippen LogP contribution in [0.25, 0.3) is 16.0 Å². The summed E-state index contributed by atoms with van der Waals surface area (Å²) in [5, 5.41) is 15.9. The first-order valence-electron chi connectivity index (χ1n) is 16.8. The summed E-state index contributed by atoms with van der Waals surface area (Å²) in [5.41, 5.74) is 6.20. The SMILES string of the molecule is CC(C)(C)OP1(=O)C2=CC(=[N+]3CCCCCC3)C=CC2=C(c2c(F)c(N=[N+]=[N-])c(F)c(F)c2C(=O)[O-])c2ccc(N3CCCCCC3)cc21. The second-order valence-corrected chi connectivity index (χ2v) is 16.1. The quantitative estimate of drug-likeness (QED) is 0.0790. The second kappa shape index (κ2) is 13.7. The monoisotopic (exact) mass is 693 g/mol. The molecule has 2 saturated heterocycles. The maximum absolute atomic E-state index is 16.5. The Labute approximate surface area is 283 Å². The number of carbonyl (C=O) groups is 1. The molecule has 6 rings (SSSR count). The number of benzene rings is 2. The summed E-state index contributed by atoms with van der Waals surface area (Å²) in [4.78, 5) is 17.1. The van der Waals surface area contributed by atoms with Crippen LogP contribution >= 0.6 is 7.37 Å². The number of azide groups is 1. The van der Waals surface area contributed by atoms with Crippen molar-refractivity contribution in [3.8, 4) is 0 Å². The van der Waals surface area contributed by atoms with Gasteiger partial charge in [0.25, 0.3) is 7.37 Å². The molecule has 0 saturated carbocycles. The zero-order valence-corrected chi connectivity index (χ0v) is 28.8. The van der Waals surface area contributed by atoms with Gasteiger partial charge in [0.1, 0.15) is 24.6 Å². The average molecular weight is 694 g/mol. The van der Waals surface area contributed by atoms with Crippen LogP contribution in [0.15, 0.2) is 52.4 Å². The van der Waals surface area contributed by atoms with E-state index < -0.39 is 53.2 Å². The van der Waals surface area contributed by atoms with Crippen LogP contribution in [0.5, 0.6) is 0 Å². The number of carboxylic acids is 1. The van der Waals surface area contributed by atoms with Gasteiger partial charge in [-0.05, 0) is 81.3 Å². The molecular formula is C36H39F3N5O4P. The molecule has 1 aliphatic carbocycles. The van der Waals surface area contributed by atoms with Gasteiger partial charge in [0.2, 0.25) is 5.71 Å². The molecule has 2 aromatic rings. The normalized spacial score (nSPS) is 21.3. The molecule has 258 valence electrons. The highest BCUT2D eigenvalue weighted by molar-refractivity contribution is 7.71. The minimum absolute atomic E-state index is 0.125. The summed E-state index contributed by atoms with van der Waals surface area (Å²) >= 11 is 0. The molecule has 49 heavy (non-hydrogen) atoms. The van der Waals surface area contributed by atoms with Gasteiger partial charge < -0.3 is 19.3 Å². The molecule has 9 nitrogen and oxygen atoms in total. The van der Waals surface area contributed by atoms with Gasteiger partial charge in [-0.2, -0.15) is 0 Å². The first-order valence-corrected chi connectivity index (χ1v) is 18.4. The fourth-order valence-electron chi connectivity index (χ4n) is 7.24. The minimum Gasteiger partial charge on any atom is -0.545 e. The van der Waals surface area contributed by atoms with Crippen molar-refractivity contribution in [2.75, 3.05) is 31.1 Å². The molecule has 0 radical (unpaired) electrons. The standard InChI is InChI=1S/C36H39F3N5O4P/c1-36(2,3)48-49(47)26-20-22(43-16-8-4-5-9-17-43)12-14-24(26)28(25-15-13-23(21-27(25)49)44-18-10-6-7-11-19-44)29-30(35(45)46)31(37)33(39)34(32(29)38)41-42-40/h12-15,20-21H,4-11,16-19H2,1-3H3. The number of allylic oxidation sites excluding steroid dienone is 5. The predicted molar refractivity (Wildman–Crippen MR) is 181 cm³/mol. The van der Waals surface area contributed by atoms with Crippen molar-refractivity contribution in [2.24, 2.45) is 5.11 Å². The molecule has 1 unspecified atom stereocenters. The Kier molecular flexibility index (Phi) is 9.68. The Hall–Kier alpha value is -4.11. The van der Waals surface area contributed by atoms with Crippen LogP contribution in [0.3, 0.4) is 0 Å². The topological polar surface area (TPSA) is 121 Å². The number of carbonyl (C=O) groups excluding carboxylic acids is 1. The maximum atomic E-state index is 16.5. The van der Waals surface area contributed by atoms with E-state index in [1.807, 2.05) is 0 Å². The number of rotatable bonds is 5. The van der Waals surface area contributed by atoms with Gasteiger partial charge in [0.05, 0.1) is 22.2 Å². The van der Waals surface area contributed by atoms with E-state index in [0.29, 0.717) is 0 Å². The van der Waals surface area contributed by atoms with Crippen molar-refractivity contribution < 1.29 is 36.7 Å². The fourth-order valence-corrected chi connectivity index (χ4v) is 10.1. The van der Waals surface area contributed by atoms with Crippen molar-refractivity contribution in [1.82, 2.24) is 0 Å². The van der Waals surface area contributed by atoms with Crippen molar-refractivity contribution in [3.05, 3.63) is 91.9 Å². The average Bonchev–Trinajstić information content (AvgIpc) is 3.51. The number of nitrogens with zero attached hydrogens (tertiary/aromatic N) is 5. The summed E-state index contributed by atoms with van der Waals surface area (Å²) in [5.74, 6) is -7.64. The van der Waals surface area contributed by atoms with Crippen LogP contribution in [-0.2, 0) is 9.09 Å². The summed E-state index contributed by atoms with van der Waals surface area (Å²) in [6, 6.07) is 5.11. The van der Waals surface area contributed by atoms with Gasteiger partial charge >= 0.3 is 0 Å². The third-order valence-corrected chi connectivity index (χ3v) is 12.2. The van der Waals surface area contributed by atoms with Gasteiger partial charge in [0.15, 0.2) is 11.6 Å². The van der Waals surface area contributed by atoms with Crippen LogP contribution in [0.4, 0.5) is 24.5 Å². The molecule has 0 N–H and O–H groups in total. The number of hydrogen-bond acceptors (Lipinski definition) is 6. The summed E-state index contributed by atoms with van der Waals surface area (Å²) < 4.78 is 71.6. The van der Waals surface area contributed by atoms with Crippen molar-refractivity contribution >= 4 is 41.3 Å². The molecule has 0 aromatic heterocycles.